The molecule has 0 saturated carbocycles. The summed E-state index contributed by atoms with van der Waals surface area (Å²) in [7, 11) is 1.88. The second-order valence-corrected chi connectivity index (χ2v) is 4.10. The highest BCUT2D eigenvalue weighted by Gasteiger charge is 2.13. The molecule has 5 heteroatoms. The standard InChI is InChI=1S/C13H19N5/c1-5-10-9(3)12(14-4)17-13(16-10)11-7-8-15-18(11)6-2/h7-8H,5-6H2,1-4H3,(H,14,16,17). The van der Waals surface area contributed by atoms with Gasteiger partial charge < -0.3 is 5.32 Å². The van der Waals surface area contributed by atoms with Crippen molar-refractivity contribution in [2.75, 3.05) is 12.4 Å². The molecule has 0 radical (unpaired) electrons. The summed E-state index contributed by atoms with van der Waals surface area (Å²) in [5.74, 6) is 1.63. The van der Waals surface area contributed by atoms with E-state index in [0.717, 1.165) is 41.6 Å². The van der Waals surface area contributed by atoms with Crippen LogP contribution in [0.25, 0.3) is 11.5 Å². The van der Waals surface area contributed by atoms with E-state index < -0.39 is 0 Å². The van der Waals surface area contributed by atoms with Crippen molar-refractivity contribution in [1.29, 1.82) is 0 Å². The number of hydrogen-bond donors (Lipinski definition) is 1. The van der Waals surface area contributed by atoms with Gasteiger partial charge in [0.2, 0.25) is 0 Å². The van der Waals surface area contributed by atoms with Gasteiger partial charge in [-0.3, -0.25) is 4.68 Å². The lowest BCUT2D eigenvalue weighted by atomic mass is 10.2. The third kappa shape index (κ3) is 2.08. The number of aryl methyl sites for hydroxylation is 2. The molecule has 0 aliphatic heterocycles. The van der Waals surface area contributed by atoms with Gasteiger partial charge in [0.25, 0.3) is 0 Å². The summed E-state index contributed by atoms with van der Waals surface area (Å²) in [5.41, 5.74) is 3.16. The quantitative estimate of drug-likeness (QED) is 0.897. The molecular formula is C13H19N5. The van der Waals surface area contributed by atoms with Gasteiger partial charge in [-0.2, -0.15) is 5.10 Å². The topological polar surface area (TPSA) is 55.6 Å². The minimum absolute atomic E-state index is 0.737. The van der Waals surface area contributed by atoms with E-state index in [2.05, 4.69) is 34.2 Å². The maximum Gasteiger partial charge on any atom is 0.180 e. The van der Waals surface area contributed by atoms with Crippen LogP contribution in [0.4, 0.5) is 5.82 Å². The highest BCUT2D eigenvalue weighted by atomic mass is 15.3. The summed E-state index contributed by atoms with van der Waals surface area (Å²) in [6.45, 7) is 7.03. The Morgan fingerprint density at radius 2 is 2.06 bits per heavy atom. The summed E-state index contributed by atoms with van der Waals surface area (Å²) in [4.78, 5) is 9.21. The number of hydrogen-bond acceptors (Lipinski definition) is 4. The zero-order chi connectivity index (χ0) is 13.1. The molecule has 18 heavy (non-hydrogen) atoms. The van der Waals surface area contributed by atoms with E-state index in [-0.39, 0.29) is 0 Å². The van der Waals surface area contributed by atoms with Crippen molar-refractivity contribution in [2.45, 2.75) is 33.7 Å². The lowest BCUT2D eigenvalue weighted by Gasteiger charge is -2.11. The number of rotatable bonds is 4. The van der Waals surface area contributed by atoms with Gasteiger partial charge in [-0.15, -0.1) is 0 Å². The van der Waals surface area contributed by atoms with Gasteiger partial charge >= 0.3 is 0 Å². The maximum atomic E-state index is 4.64. The third-order valence-corrected chi connectivity index (χ3v) is 3.06. The monoisotopic (exact) mass is 245 g/mol. The predicted molar refractivity (Wildman–Crippen MR) is 72.6 cm³/mol. The Balaban J connectivity index is 2.58. The maximum absolute atomic E-state index is 4.64. The SMILES string of the molecule is CCc1nc(-c2ccnn2CC)nc(NC)c1C. The first kappa shape index (κ1) is 12.5. The molecule has 2 aromatic heterocycles. The molecule has 2 aromatic rings. The van der Waals surface area contributed by atoms with E-state index in [9.17, 15) is 0 Å². The molecule has 0 fully saturated rings. The van der Waals surface area contributed by atoms with Crippen LogP contribution in [0.3, 0.4) is 0 Å². The first-order valence-corrected chi connectivity index (χ1v) is 6.28. The molecule has 0 aliphatic carbocycles. The van der Waals surface area contributed by atoms with Crippen molar-refractivity contribution in [1.82, 2.24) is 19.7 Å². The molecule has 0 aromatic carbocycles. The molecule has 0 bridgehead atoms. The summed E-state index contributed by atoms with van der Waals surface area (Å²) in [5, 5.41) is 7.39. The molecule has 0 spiro atoms. The molecule has 2 heterocycles. The van der Waals surface area contributed by atoms with Crippen LogP contribution in [-0.2, 0) is 13.0 Å². The van der Waals surface area contributed by atoms with E-state index in [0.29, 0.717) is 0 Å². The molecule has 96 valence electrons. The van der Waals surface area contributed by atoms with Gasteiger partial charge in [-0.1, -0.05) is 6.92 Å². The van der Waals surface area contributed by atoms with Crippen LogP contribution >= 0.6 is 0 Å². The Kier molecular flexibility index (Phi) is 3.60. The molecule has 1 N–H and O–H groups in total. The van der Waals surface area contributed by atoms with Crippen molar-refractivity contribution in [3.8, 4) is 11.5 Å². The summed E-state index contributed by atoms with van der Waals surface area (Å²) >= 11 is 0. The van der Waals surface area contributed by atoms with Crippen LogP contribution in [0.1, 0.15) is 25.1 Å². The predicted octanol–water partition coefficient (Wildman–Crippen LogP) is 2.27. The second-order valence-electron chi connectivity index (χ2n) is 4.10. The zero-order valence-corrected chi connectivity index (χ0v) is 11.4. The lowest BCUT2D eigenvalue weighted by molar-refractivity contribution is 0.663. The smallest absolute Gasteiger partial charge is 0.180 e. The van der Waals surface area contributed by atoms with Gasteiger partial charge in [0.1, 0.15) is 11.5 Å². The van der Waals surface area contributed by atoms with Crippen LogP contribution < -0.4 is 5.32 Å². The molecule has 0 atom stereocenters. The van der Waals surface area contributed by atoms with Crippen molar-refractivity contribution >= 4 is 5.82 Å². The highest BCUT2D eigenvalue weighted by Crippen LogP contribution is 2.21. The fraction of sp³-hybridized carbons (Fsp3) is 0.462. The first-order chi connectivity index (χ1) is 8.71. The molecule has 0 unspecified atom stereocenters. The van der Waals surface area contributed by atoms with Gasteiger partial charge in [0.15, 0.2) is 5.82 Å². The van der Waals surface area contributed by atoms with E-state index in [1.807, 2.05) is 24.7 Å². The number of anilines is 1. The Morgan fingerprint density at radius 1 is 1.28 bits per heavy atom. The van der Waals surface area contributed by atoms with Crippen LogP contribution in [0.15, 0.2) is 12.3 Å². The molecule has 0 saturated heterocycles. The van der Waals surface area contributed by atoms with Crippen molar-refractivity contribution < 1.29 is 0 Å². The van der Waals surface area contributed by atoms with Gasteiger partial charge in [0, 0.05) is 31.0 Å². The molecule has 0 aliphatic rings. The van der Waals surface area contributed by atoms with Crippen molar-refractivity contribution in [2.24, 2.45) is 0 Å². The minimum Gasteiger partial charge on any atom is -0.373 e. The Bertz CT molecular complexity index is 519. The number of nitrogens with one attached hydrogen (secondary N) is 1. The molecule has 2 rings (SSSR count). The minimum atomic E-state index is 0.737. The number of aromatic nitrogens is 4. The van der Waals surface area contributed by atoms with Crippen LogP contribution in [0, 0.1) is 6.92 Å². The third-order valence-electron chi connectivity index (χ3n) is 3.06. The Hall–Kier alpha value is -1.91. The summed E-state index contributed by atoms with van der Waals surface area (Å²) in [6, 6.07) is 1.95. The first-order valence-electron chi connectivity index (χ1n) is 6.28. The van der Waals surface area contributed by atoms with Crippen LogP contribution in [0.2, 0.25) is 0 Å². The second kappa shape index (κ2) is 5.16. The average molecular weight is 245 g/mol. The van der Waals surface area contributed by atoms with Crippen molar-refractivity contribution in [3.63, 3.8) is 0 Å². The zero-order valence-electron chi connectivity index (χ0n) is 11.4. The summed E-state index contributed by atoms with van der Waals surface area (Å²) < 4.78 is 1.91. The largest absolute Gasteiger partial charge is 0.373 e. The van der Waals surface area contributed by atoms with Gasteiger partial charge in [0.05, 0.1) is 0 Å². The average Bonchev–Trinajstić information content (AvgIpc) is 2.87. The molecule has 5 nitrogen and oxygen atoms in total. The van der Waals surface area contributed by atoms with Gasteiger partial charge in [-0.05, 0) is 26.3 Å². The lowest BCUT2D eigenvalue weighted by Crippen LogP contribution is -2.07. The Labute approximate surface area is 107 Å². The molecular weight excluding hydrogens is 226 g/mol. The van der Waals surface area contributed by atoms with Gasteiger partial charge in [-0.25, -0.2) is 9.97 Å². The summed E-state index contributed by atoms with van der Waals surface area (Å²) in [6.07, 6.45) is 2.68. The van der Waals surface area contributed by atoms with E-state index in [1.165, 1.54) is 0 Å². The van der Waals surface area contributed by atoms with E-state index >= 15 is 0 Å². The highest BCUT2D eigenvalue weighted by molar-refractivity contribution is 5.56. The normalized spacial score (nSPS) is 10.7. The fourth-order valence-electron chi connectivity index (χ4n) is 2.04. The van der Waals surface area contributed by atoms with Crippen molar-refractivity contribution in [3.05, 3.63) is 23.5 Å². The van der Waals surface area contributed by atoms with E-state index in [1.54, 1.807) is 6.20 Å². The number of nitrogens with zero attached hydrogens (tertiary/aromatic N) is 4. The van der Waals surface area contributed by atoms with Crippen LogP contribution in [0.5, 0.6) is 0 Å². The van der Waals surface area contributed by atoms with E-state index in [4.69, 9.17) is 0 Å². The molecule has 0 amide bonds. The van der Waals surface area contributed by atoms with Crippen LogP contribution in [-0.4, -0.2) is 26.8 Å². The Morgan fingerprint density at radius 3 is 2.67 bits per heavy atom. The fourth-order valence-corrected chi connectivity index (χ4v) is 2.04.